The summed E-state index contributed by atoms with van der Waals surface area (Å²) >= 11 is 0. The lowest BCUT2D eigenvalue weighted by atomic mass is 10.1. The van der Waals surface area contributed by atoms with Crippen molar-refractivity contribution in [2.24, 2.45) is 0 Å². The Labute approximate surface area is 138 Å². The van der Waals surface area contributed by atoms with E-state index in [1.54, 1.807) is 0 Å². The number of rotatable bonds is 0. The molecule has 0 amide bonds. The van der Waals surface area contributed by atoms with Gasteiger partial charge in [-0.15, -0.1) is 0 Å². The van der Waals surface area contributed by atoms with Crippen LogP contribution in [0, 0.1) is 6.92 Å². The van der Waals surface area contributed by atoms with Gasteiger partial charge in [0.05, 0.1) is 11.0 Å². The zero-order valence-corrected chi connectivity index (χ0v) is 13.2. The first kappa shape index (κ1) is 12.3. The second-order valence-electron chi connectivity index (χ2n) is 6.61. The van der Waals surface area contributed by atoms with E-state index in [0.717, 1.165) is 11.2 Å². The number of benzene rings is 3. The summed E-state index contributed by atoms with van der Waals surface area (Å²) in [4.78, 5) is 4.92. The summed E-state index contributed by atoms with van der Waals surface area (Å²) in [6.45, 7) is 2.13. The van der Waals surface area contributed by atoms with Crippen LogP contribution in [-0.2, 0) is 0 Å². The molecule has 2 nitrogen and oxygen atoms in total. The summed E-state index contributed by atoms with van der Waals surface area (Å²) in [6, 6.07) is 21.7. The van der Waals surface area contributed by atoms with Gasteiger partial charge in [0.2, 0.25) is 0 Å². The zero-order chi connectivity index (χ0) is 15.8. The van der Waals surface area contributed by atoms with Crippen LogP contribution in [0.4, 0.5) is 0 Å². The van der Waals surface area contributed by atoms with Crippen molar-refractivity contribution in [3.63, 3.8) is 0 Å². The molecular formula is C22H14N2. The summed E-state index contributed by atoms with van der Waals surface area (Å²) in [7, 11) is 0. The molecule has 0 spiro atoms. The number of hydrogen-bond acceptors (Lipinski definition) is 1. The van der Waals surface area contributed by atoms with E-state index < -0.39 is 0 Å². The molecule has 2 heterocycles. The van der Waals surface area contributed by atoms with Crippen molar-refractivity contribution in [1.82, 2.24) is 9.38 Å². The average Bonchev–Trinajstić information content (AvgIpc) is 3.14. The first-order valence-corrected chi connectivity index (χ1v) is 8.25. The summed E-state index contributed by atoms with van der Waals surface area (Å²) in [6.07, 6.45) is 2.27. The fraction of sp³-hybridized carbons (Fsp3) is 0.0455. The van der Waals surface area contributed by atoms with Crippen LogP contribution in [0.2, 0.25) is 0 Å². The van der Waals surface area contributed by atoms with E-state index in [1.807, 2.05) is 0 Å². The fourth-order valence-electron chi connectivity index (χ4n) is 4.13. The normalized spacial score (nSPS) is 12.4. The number of fused-ring (bicyclic) bond motifs is 7. The van der Waals surface area contributed by atoms with Crippen molar-refractivity contribution >= 4 is 49.0 Å². The third-order valence-electron chi connectivity index (χ3n) is 5.19. The van der Waals surface area contributed by atoms with Gasteiger partial charge in [0.25, 0.3) is 0 Å². The number of aryl methyl sites for hydroxylation is 1. The van der Waals surface area contributed by atoms with E-state index in [1.165, 1.54) is 43.4 Å². The lowest BCUT2D eigenvalue weighted by Gasteiger charge is -2.03. The summed E-state index contributed by atoms with van der Waals surface area (Å²) in [5.74, 6) is 0. The van der Waals surface area contributed by atoms with Crippen LogP contribution in [0.1, 0.15) is 5.56 Å². The van der Waals surface area contributed by atoms with Crippen LogP contribution in [0.3, 0.4) is 0 Å². The van der Waals surface area contributed by atoms with Crippen LogP contribution in [-0.4, -0.2) is 9.38 Å². The van der Waals surface area contributed by atoms with Gasteiger partial charge in [-0.25, -0.2) is 4.98 Å². The molecule has 0 aliphatic carbocycles. The molecule has 0 N–H and O–H groups in total. The van der Waals surface area contributed by atoms with Gasteiger partial charge in [-0.1, -0.05) is 48.5 Å². The molecule has 0 atom stereocenters. The summed E-state index contributed by atoms with van der Waals surface area (Å²) < 4.78 is 2.26. The van der Waals surface area contributed by atoms with E-state index >= 15 is 0 Å². The Morgan fingerprint density at radius 2 is 1.50 bits per heavy atom. The van der Waals surface area contributed by atoms with E-state index in [0.29, 0.717) is 0 Å². The van der Waals surface area contributed by atoms with Crippen molar-refractivity contribution in [3.8, 4) is 0 Å². The van der Waals surface area contributed by atoms with E-state index in [2.05, 4.69) is 78.2 Å². The van der Waals surface area contributed by atoms with Crippen LogP contribution in [0.25, 0.3) is 49.0 Å². The maximum atomic E-state index is 4.92. The Bertz CT molecular complexity index is 1410. The molecule has 4 aromatic carbocycles. The SMILES string of the molecule is Cc1ccc2nc3c4cccc5c6ccccc6c(cn3c2c1)c54. The Kier molecular flexibility index (Phi) is 2.07. The molecule has 6 aromatic rings. The molecule has 0 unspecified atom stereocenters. The molecule has 24 heavy (non-hydrogen) atoms. The molecule has 112 valence electrons. The number of aromatic nitrogens is 2. The predicted octanol–water partition coefficient (Wildman–Crippen LogP) is 5.69. The van der Waals surface area contributed by atoms with Gasteiger partial charge < -0.3 is 0 Å². The smallest absolute Gasteiger partial charge is 0.145 e. The van der Waals surface area contributed by atoms with Crippen molar-refractivity contribution < 1.29 is 0 Å². The van der Waals surface area contributed by atoms with Crippen LogP contribution in [0.5, 0.6) is 0 Å². The monoisotopic (exact) mass is 306 g/mol. The van der Waals surface area contributed by atoms with Crippen molar-refractivity contribution in [2.45, 2.75) is 6.92 Å². The molecule has 0 aliphatic rings. The van der Waals surface area contributed by atoms with Crippen LogP contribution >= 0.6 is 0 Å². The predicted molar refractivity (Wildman–Crippen MR) is 101 cm³/mol. The number of imidazole rings is 1. The third-order valence-corrected chi connectivity index (χ3v) is 5.19. The van der Waals surface area contributed by atoms with Crippen LogP contribution < -0.4 is 0 Å². The Hall–Kier alpha value is -3.13. The average molecular weight is 306 g/mol. The molecule has 0 fully saturated rings. The molecule has 0 aliphatic heterocycles. The Balaban J connectivity index is 2.00. The third kappa shape index (κ3) is 1.35. The van der Waals surface area contributed by atoms with E-state index in [4.69, 9.17) is 4.98 Å². The summed E-state index contributed by atoms with van der Waals surface area (Å²) in [5, 5.41) is 7.84. The van der Waals surface area contributed by atoms with Gasteiger partial charge in [0.1, 0.15) is 5.65 Å². The molecule has 6 rings (SSSR count). The zero-order valence-electron chi connectivity index (χ0n) is 13.2. The highest BCUT2D eigenvalue weighted by Crippen LogP contribution is 2.40. The minimum atomic E-state index is 1.05. The van der Waals surface area contributed by atoms with Crippen molar-refractivity contribution in [3.05, 3.63) is 72.4 Å². The summed E-state index contributed by atoms with van der Waals surface area (Å²) in [5.41, 5.74) is 4.54. The van der Waals surface area contributed by atoms with Gasteiger partial charge in [0, 0.05) is 22.4 Å². The molecular weight excluding hydrogens is 292 g/mol. The van der Waals surface area contributed by atoms with E-state index in [-0.39, 0.29) is 0 Å². The second kappa shape index (κ2) is 4.04. The topological polar surface area (TPSA) is 17.3 Å². The maximum absolute atomic E-state index is 4.92. The highest BCUT2D eigenvalue weighted by molar-refractivity contribution is 6.31. The van der Waals surface area contributed by atoms with Gasteiger partial charge in [0.15, 0.2) is 0 Å². The van der Waals surface area contributed by atoms with Gasteiger partial charge in [-0.3, -0.25) is 4.40 Å². The second-order valence-corrected chi connectivity index (χ2v) is 6.61. The lowest BCUT2D eigenvalue weighted by molar-refractivity contribution is 1.26. The van der Waals surface area contributed by atoms with Gasteiger partial charge in [-0.05, 0) is 40.8 Å². The number of pyridine rings is 1. The Morgan fingerprint density at radius 3 is 2.38 bits per heavy atom. The van der Waals surface area contributed by atoms with Gasteiger partial charge in [-0.2, -0.15) is 0 Å². The molecule has 0 saturated carbocycles. The van der Waals surface area contributed by atoms with Gasteiger partial charge >= 0.3 is 0 Å². The molecule has 0 radical (unpaired) electrons. The largest absolute Gasteiger partial charge is 0.298 e. The minimum Gasteiger partial charge on any atom is -0.298 e. The molecule has 2 aromatic heterocycles. The van der Waals surface area contributed by atoms with Crippen molar-refractivity contribution in [1.29, 1.82) is 0 Å². The Morgan fingerprint density at radius 1 is 0.750 bits per heavy atom. The van der Waals surface area contributed by atoms with E-state index in [9.17, 15) is 0 Å². The molecule has 2 heteroatoms. The first-order valence-electron chi connectivity index (χ1n) is 8.25. The highest BCUT2D eigenvalue weighted by Gasteiger charge is 2.16. The van der Waals surface area contributed by atoms with Crippen molar-refractivity contribution in [2.75, 3.05) is 0 Å². The standard InChI is InChI=1S/C22H14N2/c1-13-9-10-19-20(11-13)24-12-18-15-6-3-2-5-14(15)16-7-4-8-17(21(16)18)22(24)23-19/h2-12H,1H3. The fourth-order valence-corrected chi connectivity index (χ4v) is 4.13. The number of hydrogen-bond donors (Lipinski definition) is 0. The number of nitrogens with zero attached hydrogens (tertiary/aromatic N) is 2. The van der Waals surface area contributed by atoms with Crippen LogP contribution in [0.15, 0.2) is 66.9 Å². The quantitative estimate of drug-likeness (QED) is 0.352. The maximum Gasteiger partial charge on any atom is 0.145 e. The lowest BCUT2D eigenvalue weighted by Crippen LogP contribution is -1.86. The minimum absolute atomic E-state index is 1.05. The first-order chi connectivity index (χ1) is 11.8. The molecule has 0 bridgehead atoms. The highest BCUT2D eigenvalue weighted by atomic mass is 15.0. The molecule has 0 saturated heterocycles.